The van der Waals surface area contributed by atoms with Crippen LogP contribution in [0.5, 0.6) is 0 Å². The maximum Gasteiger partial charge on any atom is 0.324 e. The molecule has 0 fully saturated rings. The van der Waals surface area contributed by atoms with Gasteiger partial charge in [-0.2, -0.15) is 0 Å². The van der Waals surface area contributed by atoms with Crippen molar-refractivity contribution in [2.75, 3.05) is 6.54 Å². The number of hydrogen-bond acceptors (Lipinski definition) is 2. The third-order valence-corrected chi connectivity index (χ3v) is 3.99. The van der Waals surface area contributed by atoms with Crippen molar-refractivity contribution in [3.05, 3.63) is 0 Å². The van der Waals surface area contributed by atoms with Crippen molar-refractivity contribution in [2.45, 2.75) is 78.3 Å². The maximum absolute atomic E-state index is 11.7. The molecule has 0 aliphatic rings. The number of hydrogen-bond donors (Lipinski definition) is 1. The van der Waals surface area contributed by atoms with E-state index in [2.05, 4.69) is 25.7 Å². The number of carboxylic acids is 1. The normalized spacial score (nSPS) is 14.0. The van der Waals surface area contributed by atoms with Gasteiger partial charge in [0.2, 0.25) is 0 Å². The summed E-state index contributed by atoms with van der Waals surface area (Å²) >= 11 is 0. The second kappa shape index (κ2) is 7.70. The van der Waals surface area contributed by atoms with Crippen molar-refractivity contribution >= 4 is 5.97 Å². The fraction of sp³-hybridized carbons (Fsp3) is 0.929. The van der Waals surface area contributed by atoms with Crippen LogP contribution in [0.25, 0.3) is 0 Å². The Hall–Kier alpha value is -0.570. The zero-order valence-corrected chi connectivity index (χ0v) is 12.1. The van der Waals surface area contributed by atoms with E-state index in [9.17, 15) is 9.90 Å². The molecule has 0 aromatic heterocycles. The number of aliphatic carboxylic acids is 1. The lowest BCUT2D eigenvalue weighted by molar-refractivity contribution is -0.154. The molecule has 1 atom stereocenters. The fourth-order valence-electron chi connectivity index (χ4n) is 2.49. The third kappa shape index (κ3) is 3.70. The average molecular weight is 243 g/mol. The summed E-state index contributed by atoms with van der Waals surface area (Å²) in [5.41, 5.74) is -0.676. The lowest BCUT2D eigenvalue weighted by Gasteiger charge is -2.43. The molecule has 0 bridgehead atoms. The summed E-state index contributed by atoms with van der Waals surface area (Å²) in [6.45, 7) is 11.3. The molecule has 0 aromatic carbocycles. The van der Waals surface area contributed by atoms with Gasteiger partial charge in [0.05, 0.1) is 0 Å². The topological polar surface area (TPSA) is 40.5 Å². The van der Waals surface area contributed by atoms with E-state index >= 15 is 0 Å². The van der Waals surface area contributed by atoms with E-state index in [1.807, 2.05) is 13.8 Å². The molecule has 102 valence electrons. The van der Waals surface area contributed by atoms with Crippen molar-refractivity contribution < 1.29 is 9.90 Å². The molecule has 0 radical (unpaired) electrons. The van der Waals surface area contributed by atoms with Crippen LogP contribution >= 0.6 is 0 Å². The van der Waals surface area contributed by atoms with Crippen LogP contribution in [0.1, 0.15) is 66.7 Å². The van der Waals surface area contributed by atoms with E-state index in [-0.39, 0.29) is 0 Å². The molecular weight excluding hydrogens is 214 g/mol. The highest BCUT2D eigenvalue weighted by Gasteiger charge is 2.42. The summed E-state index contributed by atoms with van der Waals surface area (Å²) in [6.07, 6.45) is 4.52. The molecule has 3 heteroatoms. The predicted octanol–water partition coefficient (Wildman–Crippen LogP) is 3.53. The molecule has 0 saturated carbocycles. The van der Waals surface area contributed by atoms with Crippen LogP contribution in [-0.4, -0.2) is 34.1 Å². The van der Waals surface area contributed by atoms with Crippen LogP contribution in [-0.2, 0) is 4.79 Å². The first kappa shape index (κ1) is 16.4. The summed E-state index contributed by atoms with van der Waals surface area (Å²) in [6, 6.07) is 0.331. The van der Waals surface area contributed by atoms with Gasteiger partial charge in [0.25, 0.3) is 0 Å². The maximum atomic E-state index is 11.7. The molecule has 0 rings (SSSR count). The summed E-state index contributed by atoms with van der Waals surface area (Å²) in [5, 5.41) is 9.60. The Morgan fingerprint density at radius 3 is 2.06 bits per heavy atom. The minimum Gasteiger partial charge on any atom is -0.480 e. The Morgan fingerprint density at radius 2 is 1.76 bits per heavy atom. The monoisotopic (exact) mass is 243 g/mol. The Morgan fingerprint density at radius 1 is 1.24 bits per heavy atom. The van der Waals surface area contributed by atoms with Gasteiger partial charge in [-0.15, -0.1) is 0 Å². The fourth-order valence-corrected chi connectivity index (χ4v) is 2.49. The summed E-state index contributed by atoms with van der Waals surface area (Å²) in [7, 11) is 0. The van der Waals surface area contributed by atoms with Gasteiger partial charge in [0.1, 0.15) is 5.54 Å². The molecule has 0 heterocycles. The van der Waals surface area contributed by atoms with Crippen LogP contribution in [0.3, 0.4) is 0 Å². The molecule has 1 N–H and O–H groups in total. The second-order valence-electron chi connectivity index (χ2n) is 4.85. The van der Waals surface area contributed by atoms with E-state index in [1.165, 1.54) is 0 Å². The number of unbranched alkanes of at least 4 members (excludes halogenated alkanes) is 1. The van der Waals surface area contributed by atoms with Gasteiger partial charge >= 0.3 is 5.97 Å². The molecule has 1 unspecified atom stereocenters. The first-order valence-corrected chi connectivity index (χ1v) is 7.00. The Bertz CT molecular complexity index is 224. The van der Waals surface area contributed by atoms with E-state index in [1.54, 1.807) is 0 Å². The Balaban J connectivity index is 5.12. The van der Waals surface area contributed by atoms with Crippen molar-refractivity contribution in [1.29, 1.82) is 0 Å². The molecule has 0 saturated heterocycles. The van der Waals surface area contributed by atoms with Gasteiger partial charge in [-0.05, 0) is 39.2 Å². The molecule has 0 aromatic rings. The van der Waals surface area contributed by atoms with E-state index in [0.717, 1.165) is 25.8 Å². The largest absolute Gasteiger partial charge is 0.480 e. The summed E-state index contributed by atoms with van der Waals surface area (Å²) in [5.74, 6) is -0.668. The van der Waals surface area contributed by atoms with Gasteiger partial charge < -0.3 is 5.11 Å². The highest BCUT2D eigenvalue weighted by atomic mass is 16.4. The highest BCUT2D eigenvalue weighted by molar-refractivity contribution is 5.78. The number of rotatable bonds is 9. The minimum absolute atomic E-state index is 0.331. The first-order valence-electron chi connectivity index (χ1n) is 7.00. The van der Waals surface area contributed by atoms with E-state index < -0.39 is 11.5 Å². The molecule has 0 amide bonds. The standard InChI is InChI=1S/C14H29NO2/c1-6-10-11-15(12(5)7-2)14(8-3,9-4)13(16)17/h12H,6-11H2,1-5H3,(H,16,17). The van der Waals surface area contributed by atoms with Crippen molar-refractivity contribution in [3.63, 3.8) is 0 Å². The molecule has 0 spiro atoms. The number of carbonyl (C=O) groups is 1. The number of carboxylic acid groups (broad SMARTS) is 1. The highest BCUT2D eigenvalue weighted by Crippen LogP contribution is 2.28. The molecule has 0 aliphatic heterocycles. The van der Waals surface area contributed by atoms with Crippen LogP contribution < -0.4 is 0 Å². The lowest BCUT2D eigenvalue weighted by Crippen LogP contribution is -2.57. The van der Waals surface area contributed by atoms with Gasteiger partial charge in [0, 0.05) is 6.04 Å². The lowest BCUT2D eigenvalue weighted by atomic mass is 9.88. The quantitative estimate of drug-likeness (QED) is 0.673. The van der Waals surface area contributed by atoms with Gasteiger partial charge in [0.15, 0.2) is 0 Å². The van der Waals surface area contributed by atoms with Crippen molar-refractivity contribution in [3.8, 4) is 0 Å². The van der Waals surface area contributed by atoms with Crippen LogP contribution in [0.2, 0.25) is 0 Å². The summed E-state index contributed by atoms with van der Waals surface area (Å²) < 4.78 is 0. The molecule has 0 aliphatic carbocycles. The van der Waals surface area contributed by atoms with Gasteiger partial charge in [-0.25, -0.2) is 0 Å². The second-order valence-corrected chi connectivity index (χ2v) is 4.85. The van der Waals surface area contributed by atoms with Crippen molar-refractivity contribution in [1.82, 2.24) is 4.90 Å². The molecule has 17 heavy (non-hydrogen) atoms. The smallest absolute Gasteiger partial charge is 0.324 e. The number of nitrogens with zero attached hydrogens (tertiary/aromatic N) is 1. The zero-order chi connectivity index (χ0) is 13.5. The Labute approximate surface area is 106 Å². The van der Waals surface area contributed by atoms with Crippen molar-refractivity contribution in [2.24, 2.45) is 0 Å². The van der Waals surface area contributed by atoms with Gasteiger partial charge in [-0.3, -0.25) is 9.69 Å². The Kier molecular flexibility index (Phi) is 7.44. The summed E-state index contributed by atoms with van der Waals surface area (Å²) in [4.78, 5) is 13.9. The molecule has 3 nitrogen and oxygen atoms in total. The predicted molar refractivity (Wildman–Crippen MR) is 72.3 cm³/mol. The first-order chi connectivity index (χ1) is 7.99. The minimum atomic E-state index is -0.676. The van der Waals surface area contributed by atoms with E-state index in [4.69, 9.17) is 0 Å². The van der Waals surface area contributed by atoms with Crippen LogP contribution in [0.4, 0.5) is 0 Å². The average Bonchev–Trinajstić information content (AvgIpc) is 2.33. The zero-order valence-electron chi connectivity index (χ0n) is 12.1. The third-order valence-electron chi connectivity index (χ3n) is 3.99. The van der Waals surface area contributed by atoms with Crippen LogP contribution in [0, 0.1) is 0 Å². The SMILES string of the molecule is CCCCN(C(C)CC)C(CC)(CC)C(=O)O. The van der Waals surface area contributed by atoms with Crippen LogP contribution in [0.15, 0.2) is 0 Å². The molecular formula is C14H29NO2. The van der Waals surface area contributed by atoms with Gasteiger partial charge in [-0.1, -0.05) is 34.1 Å². The van der Waals surface area contributed by atoms with E-state index in [0.29, 0.717) is 18.9 Å².